The SMILES string of the molecule is O=[N+]([O-])c1ccc(NCCCCCCNc2c([N+](=O)[O-])cc(C(F)(F)F)cc2[N+](=O)[O-])c(Cl)c1. The summed E-state index contributed by atoms with van der Waals surface area (Å²) in [5.74, 6) is 0. The standard InChI is InChI=1S/C19H19ClF3N5O6/c20-14-11-13(26(29)30)5-6-15(14)24-7-3-1-2-4-8-25-18-16(27(31)32)9-12(19(21,22)23)10-17(18)28(33)34/h5-6,9-11,24-25H,1-4,7-8H2. The number of nitrogens with zero attached hydrogens (tertiary/aromatic N) is 3. The number of hydrogen-bond donors (Lipinski definition) is 2. The van der Waals surface area contributed by atoms with Gasteiger partial charge in [-0.3, -0.25) is 30.3 Å². The van der Waals surface area contributed by atoms with E-state index >= 15 is 0 Å². The van der Waals surface area contributed by atoms with Crippen molar-refractivity contribution in [3.05, 3.63) is 71.3 Å². The number of hydrogen-bond acceptors (Lipinski definition) is 8. The zero-order valence-corrected chi connectivity index (χ0v) is 18.2. The molecule has 0 bridgehead atoms. The lowest BCUT2D eigenvalue weighted by Gasteiger charge is -2.11. The van der Waals surface area contributed by atoms with Crippen molar-refractivity contribution in [2.75, 3.05) is 23.7 Å². The molecule has 2 aromatic rings. The summed E-state index contributed by atoms with van der Waals surface area (Å²) in [4.78, 5) is 30.4. The Morgan fingerprint density at radius 2 is 1.32 bits per heavy atom. The third-order valence-corrected chi connectivity index (χ3v) is 5.01. The predicted octanol–water partition coefficient (Wildman–Crippen LogP) is 6.17. The molecule has 0 fully saturated rings. The number of anilines is 2. The first-order chi connectivity index (χ1) is 15.9. The summed E-state index contributed by atoms with van der Waals surface area (Å²) < 4.78 is 38.8. The van der Waals surface area contributed by atoms with Crippen LogP contribution in [0.15, 0.2) is 30.3 Å². The maximum atomic E-state index is 12.9. The summed E-state index contributed by atoms with van der Waals surface area (Å²) in [6.45, 7) is 0.593. The second-order valence-corrected chi connectivity index (χ2v) is 7.50. The Hall–Kier alpha value is -3.68. The normalized spacial score (nSPS) is 11.2. The molecular formula is C19H19ClF3N5O6. The van der Waals surface area contributed by atoms with Gasteiger partial charge >= 0.3 is 6.18 Å². The first-order valence-electron chi connectivity index (χ1n) is 9.87. The van der Waals surface area contributed by atoms with E-state index in [1.165, 1.54) is 18.2 Å². The highest BCUT2D eigenvalue weighted by Gasteiger charge is 2.37. The van der Waals surface area contributed by atoms with Gasteiger partial charge in [-0.2, -0.15) is 13.2 Å². The van der Waals surface area contributed by atoms with Gasteiger partial charge in [0.1, 0.15) is 0 Å². The van der Waals surface area contributed by atoms with Crippen LogP contribution in [0.3, 0.4) is 0 Å². The van der Waals surface area contributed by atoms with Gasteiger partial charge in [-0.15, -0.1) is 0 Å². The number of nitrogens with one attached hydrogen (secondary N) is 2. The van der Waals surface area contributed by atoms with Crippen LogP contribution in [0.4, 0.5) is 41.6 Å². The number of alkyl halides is 3. The van der Waals surface area contributed by atoms with E-state index in [-0.39, 0.29) is 29.4 Å². The smallest absolute Gasteiger partial charge is 0.384 e. The van der Waals surface area contributed by atoms with Gasteiger partial charge in [0.2, 0.25) is 0 Å². The van der Waals surface area contributed by atoms with E-state index in [1.54, 1.807) is 0 Å². The zero-order valence-electron chi connectivity index (χ0n) is 17.4. The van der Waals surface area contributed by atoms with Crippen molar-refractivity contribution < 1.29 is 27.9 Å². The molecule has 0 unspecified atom stereocenters. The molecule has 0 aliphatic heterocycles. The van der Waals surface area contributed by atoms with Gasteiger partial charge < -0.3 is 10.6 Å². The molecule has 0 heterocycles. The Morgan fingerprint density at radius 1 is 0.794 bits per heavy atom. The van der Waals surface area contributed by atoms with Crippen molar-refractivity contribution in [1.29, 1.82) is 0 Å². The van der Waals surface area contributed by atoms with Crippen LogP contribution in [-0.4, -0.2) is 27.9 Å². The summed E-state index contributed by atoms with van der Waals surface area (Å²) in [5.41, 5.74) is -3.68. The van der Waals surface area contributed by atoms with Crippen LogP contribution in [0, 0.1) is 30.3 Å². The molecule has 2 N–H and O–H groups in total. The summed E-state index contributed by atoms with van der Waals surface area (Å²) in [7, 11) is 0. The van der Waals surface area contributed by atoms with E-state index < -0.39 is 43.6 Å². The number of nitro benzene ring substituents is 3. The van der Waals surface area contributed by atoms with Crippen LogP contribution in [0.2, 0.25) is 5.02 Å². The number of unbranched alkanes of at least 4 members (excludes halogenated alkanes) is 3. The monoisotopic (exact) mass is 505 g/mol. The molecule has 15 heteroatoms. The minimum atomic E-state index is -4.97. The number of benzene rings is 2. The van der Waals surface area contributed by atoms with Crippen LogP contribution in [0.25, 0.3) is 0 Å². The highest BCUT2D eigenvalue weighted by molar-refractivity contribution is 6.33. The van der Waals surface area contributed by atoms with E-state index in [2.05, 4.69) is 10.6 Å². The molecule has 0 saturated carbocycles. The second kappa shape index (κ2) is 11.4. The molecule has 0 aliphatic rings. The third-order valence-electron chi connectivity index (χ3n) is 4.70. The van der Waals surface area contributed by atoms with Gasteiger partial charge in [-0.25, -0.2) is 0 Å². The predicted molar refractivity (Wildman–Crippen MR) is 118 cm³/mol. The lowest BCUT2D eigenvalue weighted by Crippen LogP contribution is -2.11. The first kappa shape index (κ1) is 26.6. The van der Waals surface area contributed by atoms with E-state index in [9.17, 15) is 43.5 Å². The summed E-state index contributed by atoms with van der Waals surface area (Å²) in [6, 6.07) is 4.58. The molecule has 0 aromatic heterocycles. The van der Waals surface area contributed by atoms with E-state index in [1.807, 2.05) is 0 Å². The highest BCUT2D eigenvalue weighted by Crippen LogP contribution is 2.41. The lowest BCUT2D eigenvalue weighted by atomic mass is 10.1. The molecule has 0 saturated heterocycles. The molecule has 11 nitrogen and oxygen atoms in total. The number of nitro groups is 3. The number of non-ortho nitro benzene ring substituents is 1. The van der Waals surface area contributed by atoms with Gasteiger partial charge in [0, 0.05) is 37.4 Å². The van der Waals surface area contributed by atoms with E-state index in [4.69, 9.17) is 11.6 Å². The second-order valence-electron chi connectivity index (χ2n) is 7.09. The van der Waals surface area contributed by atoms with Crippen molar-refractivity contribution in [3.8, 4) is 0 Å². The minimum absolute atomic E-state index is 0.0780. The van der Waals surface area contributed by atoms with Crippen molar-refractivity contribution >= 4 is 40.0 Å². The Labute approximate surface area is 195 Å². The van der Waals surface area contributed by atoms with Crippen LogP contribution < -0.4 is 10.6 Å². The fourth-order valence-electron chi connectivity index (χ4n) is 3.05. The average molecular weight is 506 g/mol. The van der Waals surface area contributed by atoms with Gasteiger partial charge in [0.05, 0.1) is 31.0 Å². The van der Waals surface area contributed by atoms with Gasteiger partial charge in [0.25, 0.3) is 17.1 Å². The molecule has 2 aromatic carbocycles. The fourth-order valence-corrected chi connectivity index (χ4v) is 3.29. The highest BCUT2D eigenvalue weighted by atomic mass is 35.5. The molecule has 2 rings (SSSR count). The van der Waals surface area contributed by atoms with E-state index in [0.717, 1.165) is 0 Å². The number of rotatable bonds is 12. The largest absolute Gasteiger partial charge is 0.416 e. The third kappa shape index (κ3) is 7.16. The fraction of sp³-hybridized carbons (Fsp3) is 0.368. The van der Waals surface area contributed by atoms with Crippen LogP contribution in [0.5, 0.6) is 0 Å². The zero-order chi connectivity index (χ0) is 25.5. The van der Waals surface area contributed by atoms with E-state index in [0.29, 0.717) is 37.9 Å². The van der Waals surface area contributed by atoms with Gasteiger partial charge in [0.15, 0.2) is 5.69 Å². The molecule has 0 amide bonds. The average Bonchev–Trinajstić information content (AvgIpc) is 2.74. The molecule has 0 atom stereocenters. The Kier molecular flexibility index (Phi) is 8.95. The van der Waals surface area contributed by atoms with Crippen molar-refractivity contribution in [2.24, 2.45) is 0 Å². The maximum Gasteiger partial charge on any atom is 0.416 e. The lowest BCUT2D eigenvalue weighted by molar-refractivity contribution is -0.392. The van der Waals surface area contributed by atoms with Crippen molar-refractivity contribution in [2.45, 2.75) is 31.9 Å². The van der Waals surface area contributed by atoms with Crippen molar-refractivity contribution in [3.63, 3.8) is 0 Å². The van der Waals surface area contributed by atoms with Gasteiger partial charge in [-0.05, 0) is 18.9 Å². The minimum Gasteiger partial charge on any atom is -0.384 e. The Balaban J connectivity index is 1.86. The summed E-state index contributed by atoms with van der Waals surface area (Å²) in [6.07, 6.45) is -2.50. The summed E-state index contributed by atoms with van der Waals surface area (Å²) in [5, 5.41) is 38.9. The first-order valence-corrected chi connectivity index (χ1v) is 10.3. The quantitative estimate of drug-likeness (QED) is 0.197. The molecular weight excluding hydrogens is 487 g/mol. The number of halogens is 4. The molecule has 0 aliphatic carbocycles. The Bertz CT molecular complexity index is 1050. The topological polar surface area (TPSA) is 153 Å². The van der Waals surface area contributed by atoms with Crippen molar-refractivity contribution in [1.82, 2.24) is 0 Å². The van der Waals surface area contributed by atoms with Crippen LogP contribution >= 0.6 is 11.6 Å². The van der Waals surface area contributed by atoms with Crippen LogP contribution in [0.1, 0.15) is 31.2 Å². The Morgan fingerprint density at radius 3 is 1.76 bits per heavy atom. The van der Waals surface area contributed by atoms with Gasteiger partial charge in [-0.1, -0.05) is 24.4 Å². The molecule has 0 spiro atoms. The molecule has 0 radical (unpaired) electrons. The molecule has 34 heavy (non-hydrogen) atoms. The molecule has 184 valence electrons. The van der Waals surface area contributed by atoms with Crippen LogP contribution in [-0.2, 0) is 6.18 Å². The summed E-state index contributed by atoms with van der Waals surface area (Å²) >= 11 is 5.98. The maximum absolute atomic E-state index is 12.9.